The summed E-state index contributed by atoms with van der Waals surface area (Å²) >= 11 is 4.52. The summed E-state index contributed by atoms with van der Waals surface area (Å²) in [5, 5.41) is 33.7. The predicted molar refractivity (Wildman–Crippen MR) is 193 cm³/mol. The quantitative estimate of drug-likeness (QED) is 0.111. The molecular formula is C33H49N5O7S3. The number of phenols is 1. The lowest BCUT2D eigenvalue weighted by molar-refractivity contribution is -0.127. The first kappa shape index (κ1) is 38.3. The zero-order chi connectivity index (χ0) is 34.5. The van der Waals surface area contributed by atoms with E-state index >= 15 is 0 Å². The number of H-pyrrole nitrogens is 1. The number of nitrogens with zero attached hydrogens (tertiary/aromatic N) is 3. The summed E-state index contributed by atoms with van der Waals surface area (Å²) in [6.45, 7) is 10.3. The third kappa shape index (κ3) is 10.7. The van der Waals surface area contributed by atoms with Crippen LogP contribution in [-0.2, 0) is 9.53 Å². The number of rotatable bonds is 15. The highest BCUT2D eigenvalue weighted by atomic mass is 32.2. The van der Waals surface area contributed by atoms with Crippen LogP contribution in [0.2, 0.25) is 0 Å². The number of nitrogens with one attached hydrogen (secondary N) is 2. The highest BCUT2D eigenvalue weighted by molar-refractivity contribution is 7.99. The number of morpholine rings is 1. The molecule has 2 aliphatic heterocycles. The fourth-order valence-corrected chi connectivity index (χ4v) is 8.74. The minimum Gasteiger partial charge on any atom is -0.506 e. The summed E-state index contributed by atoms with van der Waals surface area (Å²) in [5.74, 6) is 2.52. The first-order valence-corrected chi connectivity index (χ1v) is 19.5. The van der Waals surface area contributed by atoms with E-state index in [0.717, 1.165) is 66.9 Å². The van der Waals surface area contributed by atoms with Crippen molar-refractivity contribution in [2.75, 3.05) is 63.9 Å². The minimum atomic E-state index is -0.740. The number of fused-ring (bicyclic) bond motifs is 1. The van der Waals surface area contributed by atoms with Crippen molar-refractivity contribution < 1.29 is 29.6 Å². The first-order valence-electron chi connectivity index (χ1n) is 16.7. The molecule has 2 fully saturated rings. The van der Waals surface area contributed by atoms with Gasteiger partial charge in [-0.05, 0) is 44.0 Å². The average Bonchev–Trinajstić information content (AvgIpc) is 3.73. The highest BCUT2D eigenvalue weighted by Gasteiger charge is 2.41. The van der Waals surface area contributed by atoms with Crippen LogP contribution in [0, 0.1) is 0 Å². The molecule has 15 heteroatoms. The van der Waals surface area contributed by atoms with Gasteiger partial charge in [-0.1, -0.05) is 44.1 Å². The summed E-state index contributed by atoms with van der Waals surface area (Å²) in [4.78, 5) is 44.7. The summed E-state index contributed by atoms with van der Waals surface area (Å²) < 4.78 is 6.90. The molecule has 5 N–H and O–H groups in total. The molecule has 2 aliphatic rings. The first-order chi connectivity index (χ1) is 23.2. The SMILES string of the molecule is CC(C)c1nc(C(=O)N2CCOC3(CCN(CCCCCCSCCNCC(O)c4ccc(O)c5[nH]c(=O)sc45)CC3)C2)cs1.O=CO. The van der Waals surface area contributed by atoms with Crippen molar-refractivity contribution in [2.24, 2.45) is 0 Å². The van der Waals surface area contributed by atoms with Gasteiger partial charge in [-0.2, -0.15) is 11.8 Å². The number of aliphatic hydroxyl groups is 1. The zero-order valence-electron chi connectivity index (χ0n) is 27.8. The summed E-state index contributed by atoms with van der Waals surface area (Å²) in [6.07, 6.45) is 6.11. The van der Waals surface area contributed by atoms with E-state index in [1.807, 2.05) is 22.0 Å². The van der Waals surface area contributed by atoms with E-state index in [2.05, 4.69) is 34.0 Å². The van der Waals surface area contributed by atoms with Crippen molar-refractivity contribution in [3.05, 3.63) is 43.4 Å². The number of aromatic nitrogens is 2. The van der Waals surface area contributed by atoms with Gasteiger partial charge in [0.15, 0.2) is 0 Å². The summed E-state index contributed by atoms with van der Waals surface area (Å²) in [7, 11) is 0. The van der Waals surface area contributed by atoms with Crippen LogP contribution in [0.3, 0.4) is 0 Å². The van der Waals surface area contributed by atoms with Crippen molar-refractivity contribution in [3.8, 4) is 5.75 Å². The second-order valence-corrected chi connectivity index (χ2v) is 15.7. The molecule has 1 spiro atoms. The van der Waals surface area contributed by atoms with Crippen LogP contribution >= 0.6 is 34.4 Å². The van der Waals surface area contributed by atoms with Crippen LogP contribution in [-0.4, -0.2) is 117 Å². The number of aromatic hydroxyl groups is 1. The van der Waals surface area contributed by atoms with Crippen molar-refractivity contribution in [3.63, 3.8) is 0 Å². The molecular weight excluding hydrogens is 675 g/mol. The summed E-state index contributed by atoms with van der Waals surface area (Å²) in [5.41, 5.74) is 1.41. The molecule has 0 aliphatic carbocycles. The lowest BCUT2D eigenvalue weighted by atomic mass is 9.89. The molecule has 48 heavy (non-hydrogen) atoms. The number of hydrogen-bond donors (Lipinski definition) is 5. The van der Waals surface area contributed by atoms with Crippen molar-refractivity contribution in [1.29, 1.82) is 0 Å². The van der Waals surface area contributed by atoms with Gasteiger partial charge in [0.1, 0.15) is 17.0 Å². The Bertz CT molecular complexity index is 1500. The second kappa shape index (κ2) is 19.0. The number of phenolic OH excluding ortho intramolecular Hbond substituents is 1. The monoisotopic (exact) mass is 723 g/mol. The average molecular weight is 724 g/mol. The van der Waals surface area contributed by atoms with E-state index in [4.69, 9.17) is 14.6 Å². The molecule has 266 valence electrons. The molecule has 1 amide bonds. The number of thiazole rings is 2. The van der Waals surface area contributed by atoms with E-state index in [1.165, 1.54) is 31.7 Å². The molecule has 0 saturated carbocycles. The molecule has 1 atom stereocenters. The van der Waals surface area contributed by atoms with Gasteiger partial charge < -0.3 is 40.2 Å². The van der Waals surface area contributed by atoms with Gasteiger partial charge in [0, 0.05) is 55.3 Å². The number of ether oxygens (including phenoxy) is 1. The van der Waals surface area contributed by atoms with Gasteiger partial charge in [-0.3, -0.25) is 14.4 Å². The number of aliphatic hydroxyl groups excluding tert-OH is 1. The highest BCUT2D eigenvalue weighted by Crippen LogP contribution is 2.32. The van der Waals surface area contributed by atoms with E-state index in [1.54, 1.807) is 17.4 Å². The Labute approximate surface area is 293 Å². The van der Waals surface area contributed by atoms with Crippen molar-refractivity contribution in [1.82, 2.24) is 25.1 Å². The number of hydrogen-bond acceptors (Lipinski definition) is 12. The molecule has 0 radical (unpaired) electrons. The molecule has 1 unspecified atom stereocenters. The third-order valence-corrected chi connectivity index (χ3v) is 11.9. The van der Waals surface area contributed by atoms with Crippen LogP contribution in [0.1, 0.15) is 85.5 Å². The van der Waals surface area contributed by atoms with Crippen LogP contribution < -0.4 is 10.2 Å². The number of carbonyl (C=O) groups is 2. The fraction of sp³-hybridized carbons (Fsp3) is 0.636. The Morgan fingerprint density at radius 1 is 1.19 bits per heavy atom. The molecule has 2 saturated heterocycles. The maximum absolute atomic E-state index is 13.1. The van der Waals surface area contributed by atoms with E-state index in [9.17, 15) is 19.8 Å². The largest absolute Gasteiger partial charge is 0.506 e. The molecule has 0 bridgehead atoms. The second-order valence-electron chi connectivity index (χ2n) is 12.6. The number of unbranched alkanes of at least 4 members (excludes halogenated alkanes) is 3. The Balaban J connectivity index is 0.00000167. The maximum Gasteiger partial charge on any atom is 0.305 e. The van der Waals surface area contributed by atoms with Crippen LogP contribution in [0.25, 0.3) is 10.2 Å². The van der Waals surface area contributed by atoms with Gasteiger partial charge in [0.05, 0.1) is 34.6 Å². The Morgan fingerprint density at radius 2 is 1.94 bits per heavy atom. The molecule has 3 aromatic rings. The van der Waals surface area contributed by atoms with Gasteiger partial charge >= 0.3 is 4.87 Å². The van der Waals surface area contributed by atoms with Gasteiger partial charge in [0.25, 0.3) is 12.4 Å². The molecule has 2 aromatic heterocycles. The van der Waals surface area contributed by atoms with E-state index < -0.39 is 6.10 Å². The zero-order valence-corrected chi connectivity index (χ0v) is 30.3. The van der Waals surface area contributed by atoms with Crippen LogP contribution in [0.4, 0.5) is 0 Å². The Hall–Kier alpha value is -2.53. The standard InChI is InChI=1S/C32H47N5O5S3.CH2O2/c1-22(2)29-34-24(20-44-29)30(40)37-15-16-42-32(21-37)9-13-36(14-10-32)12-5-3-4-6-17-43-18-11-33-19-26(39)23-7-8-25(38)27-28(23)45-31(41)35-27;2-1-3/h7-8,20,22,26,33,38-39H,3-6,9-19,21H2,1-2H3,(H,35,41);1H,(H,2,3). The number of thioether (sulfide) groups is 1. The minimum absolute atomic E-state index is 0.0214. The van der Waals surface area contributed by atoms with Gasteiger partial charge in [-0.15, -0.1) is 11.3 Å². The lowest BCUT2D eigenvalue weighted by Gasteiger charge is -2.47. The Kier molecular flexibility index (Phi) is 15.2. The number of carboxylic acid groups (broad SMARTS) is 1. The summed E-state index contributed by atoms with van der Waals surface area (Å²) in [6, 6.07) is 3.19. The van der Waals surface area contributed by atoms with Crippen LogP contribution in [0.5, 0.6) is 5.75 Å². The topological polar surface area (TPSA) is 168 Å². The Morgan fingerprint density at radius 3 is 2.67 bits per heavy atom. The third-order valence-electron chi connectivity index (χ3n) is 8.76. The maximum atomic E-state index is 13.1. The smallest absolute Gasteiger partial charge is 0.305 e. The number of likely N-dealkylation sites (tertiary alicyclic amines) is 1. The molecule has 5 rings (SSSR count). The van der Waals surface area contributed by atoms with Gasteiger partial charge in [-0.25, -0.2) is 4.98 Å². The lowest BCUT2D eigenvalue weighted by Crippen LogP contribution is -2.58. The predicted octanol–water partition coefficient (Wildman–Crippen LogP) is 4.50. The number of aromatic amines is 1. The molecule has 12 nitrogen and oxygen atoms in total. The van der Waals surface area contributed by atoms with Crippen LogP contribution in [0.15, 0.2) is 22.3 Å². The van der Waals surface area contributed by atoms with Crippen molar-refractivity contribution in [2.45, 2.75) is 70.0 Å². The molecule has 4 heterocycles. The molecule has 1 aromatic carbocycles. The van der Waals surface area contributed by atoms with E-state index in [0.29, 0.717) is 53.6 Å². The van der Waals surface area contributed by atoms with Crippen molar-refractivity contribution >= 4 is 57.0 Å². The number of piperidine rings is 1. The van der Waals surface area contributed by atoms with E-state index in [-0.39, 0.29) is 28.6 Å². The number of amides is 1. The number of carbonyl (C=O) groups excluding carboxylic acids is 1. The fourth-order valence-electron chi connectivity index (χ4n) is 6.11. The van der Waals surface area contributed by atoms with Gasteiger partial charge in [0.2, 0.25) is 0 Å². The number of benzene rings is 1. The normalized spacial score (nSPS) is 17.0.